The largest absolute Gasteiger partial charge is 0.461 e. The Bertz CT molecular complexity index is 1200. The van der Waals surface area contributed by atoms with Crippen molar-refractivity contribution in [3.8, 4) is 0 Å². The number of carbonyl (C=O) groups excluding carboxylic acids is 2. The predicted octanol–water partition coefficient (Wildman–Crippen LogP) is 8.19. The molecule has 0 bridgehead atoms. The molecular formula is C41H73NO7. The van der Waals surface area contributed by atoms with E-state index in [-0.39, 0.29) is 51.4 Å². The van der Waals surface area contributed by atoms with Crippen LogP contribution in [0.4, 0.5) is 4.79 Å². The lowest BCUT2D eigenvalue weighted by Gasteiger charge is -2.70. The maximum absolute atomic E-state index is 14.4. The molecule has 0 aliphatic heterocycles. The van der Waals surface area contributed by atoms with Gasteiger partial charge < -0.3 is 30.1 Å². The van der Waals surface area contributed by atoms with Gasteiger partial charge in [0, 0.05) is 5.92 Å². The van der Waals surface area contributed by atoms with Gasteiger partial charge in [-0.25, -0.2) is 9.59 Å². The van der Waals surface area contributed by atoms with Crippen LogP contribution in [0.3, 0.4) is 0 Å². The number of aliphatic hydroxyl groups is 3. The smallest absolute Gasteiger partial charge is 0.408 e. The third kappa shape index (κ3) is 7.59. The third-order valence-electron chi connectivity index (χ3n) is 15.0. The lowest BCUT2D eigenvalue weighted by atomic mass is 9.35. The fourth-order valence-corrected chi connectivity index (χ4v) is 11.9. The maximum atomic E-state index is 14.4. The Morgan fingerprint density at radius 2 is 1.49 bits per heavy atom. The molecule has 284 valence electrons. The summed E-state index contributed by atoms with van der Waals surface area (Å²) in [6.07, 6.45) is 7.48. The van der Waals surface area contributed by atoms with Crippen molar-refractivity contribution >= 4 is 12.1 Å². The minimum atomic E-state index is -0.996. The topological polar surface area (TPSA) is 125 Å². The highest BCUT2D eigenvalue weighted by atomic mass is 16.6. The van der Waals surface area contributed by atoms with Crippen molar-refractivity contribution in [2.75, 3.05) is 0 Å². The molecule has 0 aromatic heterocycles. The third-order valence-corrected chi connectivity index (χ3v) is 15.0. The normalized spacial score (nSPS) is 39.8. The van der Waals surface area contributed by atoms with E-state index in [0.717, 1.165) is 38.5 Å². The Morgan fingerprint density at radius 3 is 2.06 bits per heavy atom. The standard InChI is InChI=1S/C41H73NO7/c1-14-25(2)32(42-34(45)49-35(3,4)5)33(44)48-27-24-29-38(10)21-18-30(43)37(8,9)28(38)17-23-39(29,11)40(12)22-16-26(31(27)40)41(13,47)20-15-19-36(6,7)46/h25-32,43,46-47H,14-24H2,1-13H3,(H,42,45)/t25-,26-,27+,28-,29+,30-,31-,32-,38-,39+,40+,41+/m0/s1. The van der Waals surface area contributed by atoms with Crippen molar-refractivity contribution in [2.45, 2.75) is 196 Å². The summed E-state index contributed by atoms with van der Waals surface area (Å²) < 4.78 is 12.3. The summed E-state index contributed by atoms with van der Waals surface area (Å²) in [5.41, 5.74) is -2.97. The number of rotatable bonds is 10. The molecule has 49 heavy (non-hydrogen) atoms. The second-order valence-corrected chi connectivity index (χ2v) is 20.3. The summed E-state index contributed by atoms with van der Waals surface area (Å²) in [6.45, 7) is 26.8. The number of carbonyl (C=O) groups is 2. The van der Waals surface area contributed by atoms with E-state index in [1.165, 1.54) is 0 Å². The van der Waals surface area contributed by atoms with Crippen molar-refractivity contribution in [1.82, 2.24) is 5.32 Å². The van der Waals surface area contributed by atoms with Gasteiger partial charge >= 0.3 is 12.1 Å². The van der Waals surface area contributed by atoms with Crippen molar-refractivity contribution in [3.05, 3.63) is 0 Å². The van der Waals surface area contributed by atoms with Gasteiger partial charge in [-0.15, -0.1) is 0 Å². The van der Waals surface area contributed by atoms with Gasteiger partial charge in [-0.3, -0.25) is 0 Å². The quantitative estimate of drug-likeness (QED) is 0.170. The lowest BCUT2D eigenvalue weighted by molar-refractivity contribution is -0.251. The van der Waals surface area contributed by atoms with Crippen molar-refractivity contribution < 1.29 is 34.4 Å². The van der Waals surface area contributed by atoms with Crippen molar-refractivity contribution in [3.63, 3.8) is 0 Å². The predicted molar refractivity (Wildman–Crippen MR) is 194 cm³/mol. The number of esters is 1. The van der Waals surface area contributed by atoms with Crippen LogP contribution in [0.2, 0.25) is 0 Å². The van der Waals surface area contributed by atoms with Crippen LogP contribution in [0.15, 0.2) is 0 Å². The number of hydrogen-bond donors (Lipinski definition) is 4. The van der Waals surface area contributed by atoms with Crippen LogP contribution in [0.25, 0.3) is 0 Å². The van der Waals surface area contributed by atoms with E-state index in [1.54, 1.807) is 20.8 Å². The summed E-state index contributed by atoms with van der Waals surface area (Å²) in [6, 6.07) is -0.856. The molecule has 0 unspecified atom stereocenters. The molecule has 4 fully saturated rings. The summed E-state index contributed by atoms with van der Waals surface area (Å²) in [5.74, 6) is -0.115. The molecule has 4 saturated carbocycles. The molecule has 0 aromatic rings. The molecule has 8 nitrogen and oxygen atoms in total. The van der Waals surface area contributed by atoms with E-state index >= 15 is 0 Å². The summed E-state index contributed by atoms with van der Waals surface area (Å²) >= 11 is 0. The van der Waals surface area contributed by atoms with Crippen LogP contribution in [0.1, 0.15) is 161 Å². The number of hydrogen-bond acceptors (Lipinski definition) is 7. The monoisotopic (exact) mass is 692 g/mol. The van der Waals surface area contributed by atoms with E-state index in [9.17, 15) is 24.9 Å². The van der Waals surface area contributed by atoms with E-state index < -0.39 is 41.0 Å². The molecule has 0 spiro atoms. The average molecular weight is 692 g/mol. The summed E-state index contributed by atoms with van der Waals surface area (Å²) in [7, 11) is 0. The molecule has 0 saturated heterocycles. The zero-order chi connectivity index (χ0) is 37.2. The molecule has 12 atom stereocenters. The highest BCUT2D eigenvalue weighted by molar-refractivity contribution is 5.82. The van der Waals surface area contributed by atoms with Crippen LogP contribution in [-0.4, -0.2) is 62.4 Å². The van der Waals surface area contributed by atoms with E-state index in [4.69, 9.17) is 9.47 Å². The van der Waals surface area contributed by atoms with Gasteiger partial charge in [0.25, 0.3) is 0 Å². The van der Waals surface area contributed by atoms with E-state index in [0.29, 0.717) is 38.0 Å². The second-order valence-electron chi connectivity index (χ2n) is 20.3. The number of alkyl carbamates (subject to hydrolysis) is 1. The number of amides is 1. The highest BCUT2D eigenvalue weighted by Gasteiger charge is 2.72. The molecule has 0 heterocycles. The van der Waals surface area contributed by atoms with Gasteiger partial charge in [0.2, 0.25) is 0 Å². The Labute approximate surface area is 298 Å². The molecule has 0 aromatic carbocycles. The summed E-state index contributed by atoms with van der Waals surface area (Å²) in [5, 5.41) is 36.8. The SMILES string of the molecule is CC[C@H](C)[C@H](NC(=O)OC(C)(C)C)C(=O)O[C@@H]1C[C@@H]2[C@@]3(C)CC[C@H](O)C(C)(C)[C@@H]3CC[C@@]2(C)[C@]2(C)CC[C@H]([C@](C)(O)CCCC(C)(C)O)[C@@H]12. The van der Waals surface area contributed by atoms with Gasteiger partial charge in [-0.05, 0) is 151 Å². The number of aliphatic hydroxyl groups excluding tert-OH is 1. The first-order chi connectivity index (χ1) is 22.2. The number of ether oxygens (including phenoxy) is 2. The second kappa shape index (κ2) is 13.5. The van der Waals surface area contributed by atoms with E-state index in [2.05, 4.69) is 39.9 Å². The molecule has 4 N–H and O–H groups in total. The van der Waals surface area contributed by atoms with Gasteiger partial charge in [-0.1, -0.05) is 54.9 Å². The Balaban J connectivity index is 1.75. The van der Waals surface area contributed by atoms with Gasteiger partial charge in [0.05, 0.1) is 17.3 Å². The van der Waals surface area contributed by atoms with Crippen molar-refractivity contribution in [2.24, 2.45) is 51.2 Å². The molecule has 8 heteroatoms. The fraction of sp³-hybridized carbons (Fsp3) is 0.951. The Morgan fingerprint density at radius 1 is 0.878 bits per heavy atom. The molecular weight excluding hydrogens is 618 g/mol. The van der Waals surface area contributed by atoms with Crippen LogP contribution < -0.4 is 5.32 Å². The van der Waals surface area contributed by atoms with Gasteiger partial charge in [0.15, 0.2) is 0 Å². The summed E-state index contributed by atoms with van der Waals surface area (Å²) in [4.78, 5) is 27.4. The average Bonchev–Trinajstić information content (AvgIpc) is 3.33. The Hall–Kier alpha value is -1.38. The highest BCUT2D eigenvalue weighted by Crippen LogP contribution is 2.76. The molecule has 4 aliphatic rings. The van der Waals surface area contributed by atoms with Crippen LogP contribution in [0, 0.1) is 51.2 Å². The van der Waals surface area contributed by atoms with E-state index in [1.807, 2.05) is 34.6 Å². The van der Waals surface area contributed by atoms with Crippen LogP contribution >= 0.6 is 0 Å². The zero-order valence-corrected chi connectivity index (χ0v) is 33.4. The molecule has 4 rings (SSSR count). The molecule has 4 aliphatic carbocycles. The minimum absolute atomic E-state index is 0.0347. The van der Waals surface area contributed by atoms with Gasteiger partial charge in [-0.2, -0.15) is 0 Å². The molecule has 0 radical (unpaired) electrons. The maximum Gasteiger partial charge on any atom is 0.408 e. The number of nitrogens with one attached hydrogen (secondary N) is 1. The first kappa shape index (κ1) is 40.4. The first-order valence-corrected chi connectivity index (χ1v) is 19.6. The van der Waals surface area contributed by atoms with Gasteiger partial charge in [0.1, 0.15) is 17.7 Å². The van der Waals surface area contributed by atoms with Crippen LogP contribution in [-0.2, 0) is 14.3 Å². The zero-order valence-electron chi connectivity index (χ0n) is 33.4. The fourth-order valence-electron chi connectivity index (χ4n) is 11.9. The number of fused-ring (bicyclic) bond motifs is 5. The first-order valence-electron chi connectivity index (χ1n) is 19.6. The minimum Gasteiger partial charge on any atom is -0.461 e. The lowest BCUT2D eigenvalue weighted by Crippen LogP contribution is -2.67. The van der Waals surface area contributed by atoms with Crippen LogP contribution in [0.5, 0.6) is 0 Å². The molecule has 1 amide bonds. The Kier molecular flexibility index (Phi) is 11.2. The van der Waals surface area contributed by atoms with Crippen molar-refractivity contribution in [1.29, 1.82) is 0 Å².